The number of hydrogen-bond acceptors (Lipinski definition) is 11. The minimum Gasteiger partial charge on any atom is -0.507 e. The first-order valence-electron chi connectivity index (χ1n) is 10.7. The number of carbonyl (C=O) groups is 1. The van der Waals surface area contributed by atoms with Crippen molar-refractivity contribution in [3.05, 3.63) is 48.5 Å². The first kappa shape index (κ1) is 30.9. The molecule has 0 bridgehead atoms. The molecule has 21 heteroatoms. The average Bonchev–Trinajstić information content (AvgIpc) is 2.81. The lowest BCUT2D eigenvalue weighted by Crippen LogP contribution is -2.22. The maximum absolute atomic E-state index is 12.8. The summed E-state index contributed by atoms with van der Waals surface area (Å²) in [4.78, 5) is 9.12. The third kappa shape index (κ3) is 6.22. The zero-order chi connectivity index (χ0) is 31.6. The minimum absolute atomic E-state index is 0.269. The molecule has 4 aromatic carbocycles. The van der Waals surface area contributed by atoms with Crippen molar-refractivity contribution in [1.82, 2.24) is 0 Å². The molecule has 0 spiro atoms. The molecule has 0 unspecified atom stereocenters. The fourth-order valence-corrected chi connectivity index (χ4v) is 6.28. The second-order valence-electron chi connectivity index (χ2n) is 8.50. The van der Waals surface area contributed by atoms with Crippen molar-refractivity contribution in [2.75, 3.05) is 10.6 Å². The van der Waals surface area contributed by atoms with Gasteiger partial charge in [0.1, 0.15) is 21.3 Å². The summed E-state index contributed by atoms with van der Waals surface area (Å²) >= 11 is 0. The molecule has 8 N–H and O–H groups in total. The monoisotopic (exact) mass is 664 g/mol. The lowest BCUT2D eigenvalue weighted by molar-refractivity contribution is 0.262. The van der Waals surface area contributed by atoms with Gasteiger partial charge in [-0.05, 0) is 47.2 Å². The molecule has 2 amide bonds. The van der Waals surface area contributed by atoms with Crippen LogP contribution in [0.2, 0.25) is 0 Å². The van der Waals surface area contributed by atoms with Crippen molar-refractivity contribution in [2.45, 2.75) is 19.6 Å². The van der Waals surface area contributed by atoms with Crippen LogP contribution in [-0.2, 0) is 40.5 Å². The molecule has 0 fully saturated rings. The molecule has 0 radical (unpaired) electrons. The summed E-state index contributed by atoms with van der Waals surface area (Å²) in [6.07, 6.45) is 0. The Morgan fingerprint density at radius 2 is 0.833 bits per heavy atom. The van der Waals surface area contributed by atoms with Gasteiger partial charge in [0.2, 0.25) is 0 Å². The van der Waals surface area contributed by atoms with Crippen LogP contribution in [0.25, 0.3) is 21.5 Å². The fourth-order valence-electron chi connectivity index (χ4n) is 3.88. The predicted octanol–water partition coefficient (Wildman–Crippen LogP) is 2.04. The van der Waals surface area contributed by atoms with Gasteiger partial charge in [-0.15, -0.1) is 0 Å². The van der Waals surface area contributed by atoms with Gasteiger partial charge >= 0.3 is 6.03 Å². The first-order valence-corrected chi connectivity index (χ1v) is 16.4. The van der Waals surface area contributed by atoms with Crippen LogP contribution in [0, 0.1) is 0 Å². The summed E-state index contributed by atoms with van der Waals surface area (Å²) in [5.74, 6) is -1.60. The molecule has 17 nitrogen and oxygen atoms in total. The maximum Gasteiger partial charge on any atom is 0.323 e. The van der Waals surface area contributed by atoms with E-state index in [1.807, 2.05) is 10.6 Å². The van der Waals surface area contributed by atoms with Crippen LogP contribution in [0.1, 0.15) is 0 Å². The Labute approximate surface area is 236 Å². The summed E-state index contributed by atoms with van der Waals surface area (Å²) in [7, 11) is -20.0. The Kier molecular flexibility index (Phi) is 7.36. The summed E-state index contributed by atoms with van der Waals surface area (Å²) in [6, 6.07) is 4.24. The molecule has 224 valence electrons. The number of urea groups is 1. The number of rotatable bonds is 6. The molecule has 0 aromatic heterocycles. The normalized spacial score (nSPS) is 12.9. The number of aromatic hydroxyl groups is 2. The van der Waals surface area contributed by atoms with Gasteiger partial charge in [-0.3, -0.25) is 18.2 Å². The molecule has 4 rings (SSSR count). The second-order valence-corrected chi connectivity index (χ2v) is 14.1. The summed E-state index contributed by atoms with van der Waals surface area (Å²) in [6.45, 7) is 0. The Hall–Kier alpha value is -4.09. The Morgan fingerprint density at radius 3 is 1.12 bits per heavy atom. The third-order valence-electron chi connectivity index (χ3n) is 5.66. The molecule has 42 heavy (non-hydrogen) atoms. The van der Waals surface area contributed by atoms with Gasteiger partial charge in [-0.25, -0.2) is 4.79 Å². The van der Waals surface area contributed by atoms with E-state index in [0.29, 0.717) is 24.3 Å². The molecule has 0 saturated carbocycles. The van der Waals surface area contributed by atoms with Crippen molar-refractivity contribution in [3.63, 3.8) is 0 Å². The van der Waals surface area contributed by atoms with Crippen molar-refractivity contribution in [2.24, 2.45) is 0 Å². The third-order valence-corrected chi connectivity index (χ3v) is 9.11. The van der Waals surface area contributed by atoms with Gasteiger partial charge < -0.3 is 20.8 Å². The van der Waals surface area contributed by atoms with E-state index in [0.717, 1.165) is 24.3 Å². The van der Waals surface area contributed by atoms with Crippen LogP contribution < -0.4 is 10.6 Å². The van der Waals surface area contributed by atoms with Crippen LogP contribution in [0.3, 0.4) is 0 Å². The summed E-state index contributed by atoms with van der Waals surface area (Å²) < 4.78 is 132. The number of amides is 2. The summed E-state index contributed by atoms with van der Waals surface area (Å²) in [5, 5.41) is 23.3. The maximum atomic E-state index is 12.8. The number of anilines is 2. The predicted molar refractivity (Wildman–Crippen MR) is 143 cm³/mol. The number of benzene rings is 4. The lowest BCUT2D eigenvalue weighted by Gasteiger charge is -2.15. The highest BCUT2D eigenvalue weighted by atomic mass is 32.2. The van der Waals surface area contributed by atoms with Crippen molar-refractivity contribution in [1.29, 1.82) is 0 Å². The number of carbonyl (C=O) groups excluding carboxylic acids is 1. The van der Waals surface area contributed by atoms with Gasteiger partial charge in [0, 0.05) is 22.9 Å². The largest absolute Gasteiger partial charge is 0.507 e. The molecule has 0 heterocycles. The SMILES string of the molecule is O=C(Nc1cc2c(O)cc(S(=O)(=O)O)cc2cc1S(=O)(=O)O)Nc1cc2c(O)cc(S(=O)(=O)O)cc2cc1S(=O)(=O)O. The lowest BCUT2D eigenvalue weighted by atomic mass is 10.1. The highest BCUT2D eigenvalue weighted by molar-refractivity contribution is 7.86. The van der Waals surface area contributed by atoms with E-state index in [9.17, 15) is 66.9 Å². The van der Waals surface area contributed by atoms with E-state index in [1.54, 1.807) is 0 Å². The van der Waals surface area contributed by atoms with Crippen LogP contribution in [-0.4, -0.2) is 68.1 Å². The van der Waals surface area contributed by atoms with Gasteiger partial charge in [0.05, 0.1) is 21.2 Å². The first-order chi connectivity index (χ1) is 19.1. The molecule has 0 atom stereocenters. The topological polar surface area (TPSA) is 299 Å². The molecule has 4 aromatic rings. The standard InChI is InChI=1S/C21H16N2O15S4/c24-17-5-11(39(27,28)29)1-9-3-19(41(33,34)35)15(7-13(9)17)22-21(26)23-16-8-14-10(4-20(16)42(36,37)38)2-12(6-18(14)25)40(30,31)32/h1-8,24-25H,(H2,22,23,26)(H,27,28,29)(H,30,31,32)(H,33,34,35)(H,36,37,38). The minimum atomic E-state index is -5.16. The Balaban J connectivity index is 1.83. The van der Waals surface area contributed by atoms with Crippen LogP contribution in [0.15, 0.2) is 68.1 Å². The molecular weight excluding hydrogens is 648 g/mol. The van der Waals surface area contributed by atoms with Crippen LogP contribution in [0.5, 0.6) is 11.5 Å². The number of phenols is 2. The Morgan fingerprint density at radius 1 is 0.500 bits per heavy atom. The van der Waals surface area contributed by atoms with Gasteiger partial charge in [0.25, 0.3) is 40.5 Å². The van der Waals surface area contributed by atoms with Gasteiger partial charge in [0.15, 0.2) is 0 Å². The van der Waals surface area contributed by atoms with Gasteiger partial charge in [-0.2, -0.15) is 33.7 Å². The number of nitrogens with one attached hydrogen (secondary N) is 2. The number of phenolic OH excluding ortho intramolecular Hbond substituents is 2. The highest BCUT2D eigenvalue weighted by Crippen LogP contribution is 2.37. The van der Waals surface area contributed by atoms with Crippen LogP contribution >= 0.6 is 0 Å². The van der Waals surface area contributed by atoms with E-state index >= 15 is 0 Å². The molecule has 0 aliphatic heterocycles. The van der Waals surface area contributed by atoms with E-state index < -0.39 is 89.0 Å². The number of hydrogen-bond donors (Lipinski definition) is 8. The zero-order valence-electron chi connectivity index (χ0n) is 20.1. The number of fused-ring (bicyclic) bond motifs is 2. The van der Waals surface area contributed by atoms with E-state index in [2.05, 4.69) is 0 Å². The van der Waals surface area contributed by atoms with Crippen molar-refractivity contribution < 1.29 is 66.9 Å². The van der Waals surface area contributed by atoms with Crippen molar-refractivity contribution in [3.8, 4) is 11.5 Å². The van der Waals surface area contributed by atoms with E-state index in [4.69, 9.17) is 0 Å². The zero-order valence-corrected chi connectivity index (χ0v) is 23.4. The van der Waals surface area contributed by atoms with Gasteiger partial charge in [-0.1, -0.05) is 0 Å². The summed E-state index contributed by atoms with van der Waals surface area (Å²) in [5.41, 5.74) is -1.43. The highest BCUT2D eigenvalue weighted by Gasteiger charge is 2.24. The quantitative estimate of drug-likeness (QED) is 0.137. The fraction of sp³-hybridized carbons (Fsp3) is 0. The second kappa shape index (κ2) is 10.0. The average molecular weight is 665 g/mol. The van der Waals surface area contributed by atoms with E-state index in [1.165, 1.54) is 0 Å². The Bertz CT molecular complexity index is 2120. The van der Waals surface area contributed by atoms with E-state index in [-0.39, 0.29) is 21.5 Å². The smallest absolute Gasteiger partial charge is 0.323 e. The molecule has 0 saturated heterocycles. The molecule has 0 aliphatic carbocycles. The van der Waals surface area contributed by atoms with Crippen molar-refractivity contribution >= 4 is 79.4 Å². The molecular formula is C21H16N2O15S4. The van der Waals surface area contributed by atoms with Crippen LogP contribution in [0.4, 0.5) is 16.2 Å². The molecule has 0 aliphatic rings.